The largest absolute Gasteiger partial charge is 0.300 e. The minimum Gasteiger partial charge on any atom is -0.300 e. The van der Waals surface area contributed by atoms with Gasteiger partial charge in [0.2, 0.25) is 5.91 Å². The van der Waals surface area contributed by atoms with E-state index < -0.39 is 17.5 Å². The quantitative estimate of drug-likeness (QED) is 0.525. The number of nitrogens with zero attached hydrogens (tertiary/aromatic N) is 3. The lowest BCUT2D eigenvalue weighted by molar-refractivity contribution is -0.116. The molecule has 1 N–H and O–H groups in total. The summed E-state index contributed by atoms with van der Waals surface area (Å²) >= 11 is 2.27. The zero-order valence-corrected chi connectivity index (χ0v) is 18.6. The molecule has 1 saturated heterocycles. The standard InChI is InChI=1S/C22H16F2N4O2S2/c1-12-4-3-5-15(8-12)25-21-27-20(30)19(32-21)10-16-11-31-22(26-16)28(13(2)29)18-7-6-14(23)9-17(18)24/h3-11H,1-2H3,(H,25,27,30)/b19-10-. The molecule has 1 aromatic heterocycles. The van der Waals surface area contributed by atoms with Crippen LogP contribution in [0.15, 0.2) is 57.7 Å². The summed E-state index contributed by atoms with van der Waals surface area (Å²) in [5, 5.41) is 5.00. The second-order valence-corrected chi connectivity index (χ2v) is 8.69. The zero-order chi connectivity index (χ0) is 22.8. The molecular weight excluding hydrogens is 454 g/mol. The fraction of sp³-hybridized carbons (Fsp3) is 0.0909. The molecule has 10 heteroatoms. The smallest absolute Gasteiger partial charge is 0.264 e. The highest BCUT2D eigenvalue weighted by Gasteiger charge is 2.25. The number of aryl methyl sites for hydroxylation is 1. The summed E-state index contributed by atoms with van der Waals surface area (Å²) in [6, 6.07) is 10.5. The summed E-state index contributed by atoms with van der Waals surface area (Å²) < 4.78 is 27.5. The van der Waals surface area contributed by atoms with Crippen molar-refractivity contribution < 1.29 is 18.4 Å². The van der Waals surface area contributed by atoms with E-state index >= 15 is 0 Å². The lowest BCUT2D eigenvalue weighted by Gasteiger charge is -2.18. The summed E-state index contributed by atoms with van der Waals surface area (Å²) in [5.41, 5.74) is 2.10. The van der Waals surface area contributed by atoms with Crippen LogP contribution in [0.25, 0.3) is 6.08 Å². The summed E-state index contributed by atoms with van der Waals surface area (Å²) in [5.74, 6) is -2.42. The number of carbonyl (C=O) groups excluding carboxylic acids is 2. The molecule has 0 saturated carbocycles. The minimum absolute atomic E-state index is 0.104. The third kappa shape index (κ3) is 4.76. The number of amides is 2. The van der Waals surface area contributed by atoms with Crippen molar-refractivity contribution >= 4 is 62.7 Å². The second-order valence-electron chi connectivity index (χ2n) is 6.83. The Labute approximate surface area is 190 Å². The third-order valence-electron chi connectivity index (χ3n) is 4.33. The van der Waals surface area contributed by atoms with Crippen LogP contribution in [0.3, 0.4) is 0 Å². The molecule has 6 nitrogen and oxygen atoms in total. The lowest BCUT2D eigenvalue weighted by Crippen LogP contribution is -2.23. The van der Waals surface area contributed by atoms with Gasteiger partial charge in [-0.3, -0.25) is 14.5 Å². The predicted octanol–water partition coefficient (Wildman–Crippen LogP) is 5.31. The van der Waals surface area contributed by atoms with Crippen LogP contribution in [0.1, 0.15) is 18.2 Å². The molecular formula is C22H16F2N4O2S2. The molecule has 0 bridgehead atoms. The van der Waals surface area contributed by atoms with Crippen LogP contribution in [0.2, 0.25) is 0 Å². The topological polar surface area (TPSA) is 74.7 Å². The Morgan fingerprint density at radius 3 is 2.75 bits per heavy atom. The van der Waals surface area contributed by atoms with Crippen molar-refractivity contribution in [3.05, 3.63) is 75.6 Å². The zero-order valence-electron chi connectivity index (χ0n) is 16.9. The number of halogens is 2. The monoisotopic (exact) mass is 470 g/mol. The number of aliphatic imine (C=N–C) groups is 1. The molecule has 32 heavy (non-hydrogen) atoms. The van der Waals surface area contributed by atoms with Gasteiger partial charge in [-0.1, -0.05) is 12.1 Å². The Hall–Kier alpha value is -3.37. The molecule has 0 spiro atoms. The highest BCUT2D eigenvalue weighted by atomic mass is 32.2. The van der Waals surface area contributed by atoms with Gasteiger partial charge in [0.15, 0.2) is 10.3 Å². The normalized spacial score (nSPS) is 15.9. The molecule has 1 aliphatic rings. The average molecular weight is 471 g/mol. The third-order valence-corrected chi connectivity index (χ3v) is 6.08. The summed E-state index contributed by atoms with van der Waals surface area (Å²) in [7, 11) is 0. The highest BCUT2D eigenvalue weighted by Crippen LogP contribution is 2.33. The first kappa shape index (κ1) is 21.8. The number of thiazole rings is 1. The maximum absolute atomic E-state index is 14.2. The van der Waals surface area contributed by atoms with Gasteiger partial charge in [-0.2, -0.15) is 0 Å². The molecule has 3 aromatic rings. The molecule has 162 valence electrons. The summed E-state index contributed by atoms with van der Waals surface area (Å²) in [6.07, 6.45) is 1.57. The van der Waals surface area contributed by atoms with E-state index in [1.165, 1.54) is 24.8 Å². The van der Waals surface area contributed by atoms with E-state index in [9.17, 15) is 18.4 Å². The van der Waals surface area contributed by atoms with Crippen LogP contribution in [-0.4, -0.2) is 22.0 Å². The van der Waals surface area contributed by atoms with E-state index in [2.05, 4.69) is 15.3 Å². The Bertz CT molecular complexity index is 1290. The van der Waals surface area contributed by atoms with Gasteiger partial charge in [-0.05, 0) is 54.6 Å². The molecule has 4 rings (SSSR count). The van der Waals surface area contributed by atoms with E-state index in [0.29, 0.717) is 21.8 Å². The van der Waals surface area contributed by atoms with Crippen molar-refractivity contribution in [2.75, 3.05) is 4.90 Å². The predicted molar refractivity (Wildman–Crippen MR) is 123 cm³/mol. The van der Waals surface area contributed by atoms with Crippen molar-refractivity contribution in [3.63, 3.8) is 0 Å². The first-order valence-corrected chi connectivity index (χ1v) is 11.1. The first-order chi connectivity index (χ1) is 15.3. The molecule has 2 amide bonds. The molecule has 1 fully saturated rings. The number of hydrogen-bond donors (Lipinski definition) is 1. The van der Waals surface area contributed by atoms with E-state index in [1.807, 2.05) is 31.2 Å². The maximum atomic E-state index is 14.2. The van der Waals surface area contributed by atoms with E-state index in [1.54, 1.807) is 11.5 Å². The van der Waals surface area contributed by atoms with Gasteiger partial charge >= 0.3 is 0 Å². The lowest BCUT2D eigenvalue weighted by atomic mass is 10.2. The van der Waals surface area contributed by atoms with Gasteiger partial charge in [0.05, 0.1) is 22.0 Å². The number of aromatic nitrogens is 1. The van der Waals surface area contributed by atoms with Gasteiger partial charge in [-0.25, -0.2) is 18.8 Å². The van der Waals surface area contributed by atoms with E-state index in [4.69, 9.17) is 0 Å². The van der Waals surface area contributed by atoms with Gasteiger partial charge < -0.3 is 5.32 Å². The van der Waals surface area contributed by atoms with Crippen LogP contribution in [0.4, 0.5) is 25.3 Å². The molecule has 2 aromatic carbocycles. The summed E-state index contributed by atoms with van der Waals surface area (Å²) in [6.45, 7) is 3.22. The molecule has 0 unspecified atom stereocenters. The Balaban J connectivity index is 1.59. The van der Waals surface area contributed by atoms with Crippen LogP contribution in [-0.2, 0) is 9.59 Å². The number of benzene rings is 2. The van der Waals surface area contributed by atoms with Crippen LogP contribution in [0, 0.1) is 18.6 Å². The number of amidine groups is 1. The van der Waals surface area contributed by atoms with Crippen molar-refractivity contribution in [2.45, 2.75) is 13.8 Å². The number of anilines is 2. The maximum Gasteiger partial charge on any atom is 0.264 e. The van der Waals surface area contributed by atoms with Gasteiger partial charge in [0, 0.05) is 18.4 Å². The minimum atomic E-state index is -0.877. The molecule has 0 radical (unpaired) electrons. The van der Waals surface area contributed by atoms with Crippen molar-refractivity contribution in [1.29, 1.82) is 0 Å². The molecule has 2 heterocycles. The highest BCUT2D eigenvalue weighted by molar-refractivity contribution is 8.18. The van der Waals surface area contributed by atoms with Gasteiger partial charge in [0.25, 0.3) is 5.91 Å². The van der Waals surface area contributed by atoms with Crippen LogP contribution in [0.5, 0.6) is 0 Å². The number of rotatable bonds is 4. The number of nitrogens with one attached hydrogen (secondary N) is 1. The Morgan fingerprint density at radius 2 is 2.03 bits per heavy atom. The van der Waals surface area contributed by atoms with Crippen molar-refractivity contribution in [3.8, 4) is 0 Å². The summed E-state index contributed by atoms with van der Waals surface area (Å²) in [4.78, 5) is 34.7. The number of hydrogen-bond acceptors (Lipinski definition) is 6. The van der Waals surface area contributed by atoms with Crippen molar-refractivity contribution in [1.82, 2.24) is 10.3 Å². The van der Waals surface area contributed by atoms with E-state index in [0.717, 1.165) is 33.6 Å². The Morgan fingerprint density at radius 1 is 1.22 bits per heavy atom. The van der Waals surface area contributed by atoms with Crippen LogP contribution >= 0.6 is 23.1 Å². The first-order valence-electron chi connectivity index (χ1n) is 9.37. The average Bonchev–Trinajstić information content (AvgIpc) is 3.30. The van der Waals surface area contributed by atoms with E-state index in [-0.39, 0.29) is 16.7 Å². The SMILES string of the molecule is CC(=O)N(c1nc(/C=C2\SC(=Nc3cccc(C)c3)NC2=O)cs1)c1ccc(F)cc1F. The fourth-order valence-electron chi connectivity index (χ4n) is 2.94. The van der Waals surface area contributed by atoms with Gasteiger partial charge in [0.1, 0.15) is 11.6 Å². The second kappa shape index (κ2) is 9.01. The number of carbonyl (C=O) groups is 2. The number of thioether (sulfide) groups is 1. The van der Waals surface area contributed by atoms with Crippen molar-refractivity contribution in [2.24, 2.45) is 4.99 Å². The Kier molecular flexibility index (Phi) is 6.15. The molecule has 1 aliphatic heterocycles. The molecule has 0 atom stereocenters. The van der Waals surface area contributed by atoms with Gasteiger partial charge in [-0.15, -0.1) is 11.3 Å². The fourth-order valence-corrected chi connectivity index (χ4v) is 4.61. The molecule has 0 aliphatic carbocycles. The van der Waals surface area contributed by atoms with Crippen LogP contribution < -0.4 is 10.2 Å².